The van der Waals surface area contributed by atoms with Gasteiger partial charge in [-0.2, -0.15) is 0 Å². The SMILES string of the molecule is Nc1ccc(NC(=O)C2CC3CCCCC3N2)cn1. The molecule has 1 aliphatic heterocycles. The van der Waals surface area contributed by atoms with Crippen LogP contribution >= 0.6 is 0 Å². The number of carbonyl (C=O) groups excluding carboxylic acids is 1. The topological polar surface area (TPSA) is 80.0 Å². The van der Waals surface area contributed by atoms with Crippen LogP contribution in [-0.2, 0) is 4.79 Å². The molecule has 4 N–H and O–H groups in total. The molecule has 3 rings (SSSR count). The van der Waals surface area contributed by atoms with Gasteiger partial charge in [-0.05, 0) is 37.3 Å². The van der Waals surface area contributed by atoms with Gasteiger partial charge in [0.25, 0.3) is 0 Å². The van der Waals surface area contributed by atoms with Crippen LogP contribution in [-0.4, -0.2) is 23.0 Å². The summed E-state index contributed by atoms with van der Waals surface area (Å²) in [6.45, 7) is 0. The third kappa shape index (κ3) is 2.71. The van der Waals surface area contributed by atoms with Crippen molar-refractivity contribution in [2.45, 2.75) is 44.2 Å². The van der Waals surface area contributed by atoms with Gasteiger partial charge in [-0.3, -0.25) is 4.79 Å². The lowest BCUT2D eigenvalue weighted by atomic mass is 9.85. The number of aromatic nitrogens is 1. The Bertz CT molecular complexity index is 445. The number of anilines is 2. The number of rotatable bonds is 2. The number of hydrogen-bond donors (Lipinski definition) is 3. The van der Waals surface area contributed by atoms with E-state index < -0.39 is 0 Å². The molecule has 102 valence electrons. The first kappa shape index (κ1) is 12.4. The highest BCUT2D eigenvalue weighted by molar-refractivity contribution is 5.95. The van der Waals surface area contributed by atoms with Gasteiger partial charge < -0.3 is 16.4 Å². The maximum Gasteiger partial charge on any atom is 0.241 e. The number of fused-ring (bicyclic) bond motifs is 1. The van der Waals surface area contributed by atoms with Crippen molar-refractivity contribution < 1.29 is 4.79 Å². The van der Waals surface area contributed by atoms with Crippen molar-refractivity contribution in [2.24, 2.45) is 5.92 Å². The summed E-state index contributed by atoms with van der Waals surface area (Å²) in [6, 6.07) is 3.94. The second-order valence-corrected chi connectivity index (χ2v) is 5.57. The Labute approximate surface area is 113 Å². The highest BCUT2D eigenvalue weighted by Gasteiger charge is 2.38. The molecule has 19 heavy (non-hydrogen) atoms. The highest BCUT2D eigenvalue weighted by Crippen LogP contribution is 2.33. The first-order valence-electron chi connectivity index (χ1n) is 7.01. The summed E-state index contributed by atoms with van der Waals surface area (Å²) in [6.07, 6.45) is 7.60. The fourth-order valence-corrected chi connectivity index (χ4v) is 3.23. The van der Waals surface area contributed by atoms with Crippen molar-refractivity contribution in [2.75, 3.05) is 11.1 Å². The van der Waals surface area contributed by atoms with Crippen LogP contribution in [0.25, 0.3) is 0 Å². The van der Waals surface area contributed by atoms with E-state index in [0.29, 0.717) is 23.5 Å². The smallest absolute Gasteiger partial charge is 0.241 e. The molecule has 3 unspecified atom stereocenters. The monoisotopic (exact) mass is 260 g/mol. The third-order valence-electron chi connectivity index (χ3n) is 4.23. The summed E-state index contributed by atoms with van der Waals surface area (Å²) in [4.78, 5) is 16.2. The Kier molecular flexibility index (Phi) is 3.38. The predicted octanol–water partition coefficient (Wildman–Crippen LogP) is 1.52. The van der Waals surface area contributed by atoms with E-state index in [4.69, 9.17) is 5.73 Å². The summed E-state index contributed by atoms with van der Waals surface area (Å²) >= 11 is 0. The molecule has 2 heterocycles. The molecule has 5 nitrogen and oxygen atoms in total. The molecule has 0 spiro atoms. The molecule has 1 aromatic rings. The standard InChI is InChI=1S/C14H20N4O/c15-13-6-5-10(8-16-13)17-14(19)12-7-9-3-1-2-4-11(9)18-12/h5-6,8-9,11-12,18H,1-4,7H2,(H2,15,16)(H,17,19). The third-order valence-corrected chi connectivity index (χ3v) is 4.23. The zero-order chi connectivity index (χ0) is 13.2. The van der Waals surface area contributed by atoms with Crippen LogP contribution in [0.4, 0.5) is 11.5 Å². The average Bonchev–Trinajstić information content (AvgIpc) is 2.85. The Hall–Kier alpha value is -1.62. The molecule has 0 radical (unpaired) electrons. The Morgan fingerprint density at radius 3 is 2.95 bits per heavy atom. The molecule has 1 saturated carbocycles. The van der Waals surface area contributed by atoms with Crippen molar-refractivity contribution in [3.8, 4) is 0 Å². The molecule has 0 aromatic carbocycles. The van der Waals surface area contributed by atoms with E-state index in [9.17, 15) is 4.79 Å². The van der Waals surface area contributed by atoms with Gasteiger partial charge in [0.1, 0.15) is 5.82 Å². The molecular formula is C14H20N4O. The second-order valence-electron chi connectivity index (χ2n) is 5.57. The van der Waals surface area contributed by atoms with Gasteiger partial charge in [-0.1, -0.05) is 12.8 Å². The molecule has 0 bridgehead atoms. The van der Waals surface area contributed by atoms with Crippen molar-refractivity contribution in [3.05, 3.63) is 18.3 Å². The van der Waals surface area contributed by atoms with E-state index in [2.05, 4.69) is 15.6 Å². The zero-order valence-electron chi connectivity index (χ0n) is 10.9. The molecule has 5 heteroatoms. The highest BCUT2D eigenvalue weighted by atomic mass is 16.2. The van der Waals surface area contributed by atoms with E-state index >= 15 is 0 Å². The van der Waals surface area contributed by atoms with E-state index in [1.165, 1.54) is 25.7 Å². The maximum absolute atomic E-state index is 12.2. The summed E-state index contributed by atoms with van der Waals surface area (Å²) in [5.41, 5.74) is 6.23. The fraction of sp³-hybridized carbons (Fsp3) is 0.571. The van der Waals surface area contributed by atoms with Crippen LogP contribution in [0.1, 0.15) is 32.1 Å². The second kappa shape index (κ2) is 5.17. The quantitative estimate of drug-likeness (QED) is 0.753. The van der Waals surface area contributed by atoms with Crippen molar-refractivity contribution in [1.82, 2.24) is 10.3 Å². The zero-order valence-corrected chi connectivity index (χ0v) is 10.9. The van der Waals surface area contributed by atoms with Crippen LogP contribution in [0.15, 0.2) is 18.3 Å². The first-order valence-corrected chi connectivity index (χ1v) is 7.01. The van der Waals surface area contributed by atoms with E-state index in [1.54, 1.807) is 18.3 Å². The lowest BCUT2D eigenvalue weighted by Gasteiger charge is -2.24. The molecule has 1 aliphatic carbocycles. The number of nitrogens with one attached hydrogen (secondary N) is 2. The molecule has 3 atom stereocenters. The van der Waals surface area contributed by atoms with Gasteiger partial charge in [0.2, 0.25) is 5.91 Å². The number of hydrogen-bond acceptors (Lipinski definition) is 4. The van der Waals surface area contributed by atoms with Gasteiger partial charge in [0.05, 0.1) is 17.9 Å². The van der Waals surface area contributed by atoms with Crippen LogP contribution in [0.3, 0.4) is 0 Å². The predicted molar refractivity (Wildman–Crippen MR) is 74.6 cm³/mol. The summed E-state index contributed by atoms with van der Waals surface area (Å²) < 4.78 is 0. The van der Waals surface area contributed by atoms with Gasteiger partial charge >= 0.3 is 0 Å². The molecule has 1 saturated heterocycles. The number of carbonyl (C=O) groups is 1. The summed E-state index contributed by atoms with van der Waals surface area (Å²) in [7, 11) is 0. The number of nitrogen functional groups attached to an aromatic ring is 1. The number of nitrogens with zero attached hydrogens (tertiary/aromatic N) is 1. The largest absolute Gasteiger partial charge is 0.384 e. The van der Waals surface area contributed by atoms with Crippen molar-refractivity contribution >= 4 is 17.4 Å². The van der Waals surface area contributed by atoms with Gasteiger partial charge in [-0.15, -0.1) is 0 Å². The van der Waals surface area contributed by atoms with Crippen molar-refractivity contribution in [1.29, 1.82) is 0 Å². The van der Waals surface area contributed by atoms with Crippen LogP contribution in [0.5, 0.6) is 0 Å². The normalized spacial score (nSPS) is 29.8. The first-order chi connectivity index (χ1) is 9.22. The number of pyridine rings is 1. The number of amides is 1. The van der Waals surface area contributed by atoms with Gasteiger partial charge in [0, 0.05) is 6.04 Å². The minimum absolute atomic E-state index is 0.0426. The molecule has 1 aromatic heterocycles. The molecule has 2 aliphatic rings. The minimum atomic E-state index is -0.0642. The minimum Gasteiger partial charge on any atom is -0.384 e. The van der Waals surface area contributed by atoms with Crippen molar-refractivity contribution in [3.63, 3.8) is 0 Å². The lowest BCUT2D eigenvalue weighted by molar-refractivity contribution is -0.117. The summed E-state index contributed by atoms with van der Waals surface area (Å²) in [5, 5.41) is 6.37. The van der Waals surface area contributed by atoms with Crippen LogP contribution < -0.4 is 16.4 Å². The molecular weight excluding hydrogens is 240 g/mol. The fourth-order valence-electron chi connectivity index (χ4n) is 3.23. The van der Waals surface area contributed by atoms with Crippen LogP contribution in [0.2, 0.25) is 0 Å². The summed E-state index contributed by atoms with van der Waals surface area (Å²) in [5.74, 6) is 1.18. The Morgan fingerprint density at radius 1 is 1.37 bits per heavy atom. The van der Waals surface area contributed by atoms with E-state index in [1.807, 2.05) is 0 Å². The lowest BCUT2D eigenvalue weighted by Crippen LogP contribution is -2.39. The van der Waals surface area contributed by atoms with Crippen LogP contribution in [0, 0.1) is 5.92 Å². The Morgan fingerprint density at radius 2 is 2.21 bits per heavy atom. The number of nitrogens with two attached hydrogens (primary N) is 1. The van der Waals surface area contributed by atoms with Gasteiger partial charge in [0.15, 0.2) is 0 Å². The van der Waals surface area contributed by atoms with Gasteiger partial charge in [-0.25, -0.2) is 4.98 Å². The molecule has 2 fully saturated rings. The van der Waals surface area contributed by atoms with E-state index in [-0.39, 0.29) is 11.9 Å². The van der Waals surface area contributed by atoms with E-state index in [0.717, 1.165) is 6.42 Å². The molecule has 1 amide bonds. The Balaban J connectivity index is 1.60. The average molecular weight is 260 g/mol. The maximum atomic E-state index is 12.2.